The molecule has 0 spiro atoms. The molecule has 1 aromatic carbocycles. The molecule has 30 heavy (non-hydrogen) atoms. The fourth-order valence-electron chi connectivity index (χ4n) is 2.32. The Bertz CT molecular complexity index is 1190. The molecule has 3 rings (SSSR count). The number of rotatable bonds is 8. The molecule has 1 aliphatic rings. The highest BCUT2D eigenvalue weighted by atomic mass is 79.9. The highest BCUT2D eigenvalue weighted by Gasteiger charge is 2.36. The number of amidine groups is 1. The Morgan fingerprint density at radius 1 is 1.37 bits per heavy atom. The number of hydrogen-bond acceptors (Lipinski definition) is 9. The first kappa shape index (κ1) is 22.6. The first-order chi connectivity index (χ1) is 14.1. The lowest BCUT2D eigenvalue weighted by Crippen LogP contribution is -2.23. The van der Waals surface area contributed by atoms with E-state index in [4.69, 9.17) is 0 Å². The van der Waals surface area contributed by atoms with E-state index < -0.39 is 30.8 Å². The van der Waals surface area contributed by atoms with E-state index in [1.165, 1.54) is 24.5 Å². The van der Waals surface area contributed by atoms with Crippen LogP contribution >= 0.6 is 15.9 Å². The van der Waals surface area contributed by atoms with Gasteiger partial charge in [-0.05, 0) is 57.3 Å². The maximum Gasteiger partial charge on any atom is 0.263 e. The Balaban J connectivity index is 1.73. The number of aliphatic imine (C=N–C) groups is 1. The van der Waals surface area contributed by atoms with E-state index >= 15 is 0 Å². The molecule has 164 valence electrons. The van der Waals surface area contributed by atoms with E-state index in [-0.39, 0.29) is 34.1 Å². The molecule has 1 fully saturated rings. The summed E-state index contributed by atoms with van der Waals surface area (Å²) >= 11 is 3.04. The third-order valence-corrected chi connectivity index (χ3v) is 8.92. The van der Waals surface area contributed by atoms with Gasteiger partial charge in [0.2, 0.25) is 5.82 Å². The van der Waals surface area contributed by atoms with Crippen molar-refractivity contribution in [3.05, 3.63) is 34.2 Å². The van der Waals surface area contributed by atoms with Crippen molar-refractivity contribution in [2.24, 2.45) is 8.76 Å². The summed E-state index contributed by atoms with van der Waals surface area (Å²) in [6.07, 6.45) is 2.34. The average molecular weight is 525 g/mol. The van der Waals surface area contributed by atoms with Crippen molar-refractivity contribution in [3.63, 3.8) is 0 Å². The fraction of sp³-hybridized carbons (Fsp3) is 0.400. The lowest BCUT2D eigenvalue weighted by Gasteiger charge is -2.07. The number of hydrogen-bond donors (Lipinski definition) is 3. The molecule has 0 bridgehead atoms. The minimum absolute atomic E-state index is 0.00286. The Kier molecular flexibility index (Phi) is 6.74. The molecule has 0 amide bonds. The number of nitrogens with zero attached hydrogens (tertiary/aromatic N) is 4. The van der Waals surface area contributed by atoms with Crippen molar-refractivity contribution in [2.45, 2.75) is 18.1 Å². The van der Waals surface area contributed by atoms with Gasteiger partial charge in [0.25, 0.3) is 10.0 Å². The zero-order chi connectivity index (χ0) is 21.9. The number of nitrogens with one attached hydrogen (secondary N) is 2. The summed E-state index contributed by atoms with van der Waals surface area (Å²) in [6.45, 7) is 0.0427. The lowest BCUT2D eigenvalue weighted by molar-refractivity contribution is 0.234. The lowest BCUT2D eigenvalue weighted by atomic mass is 10.3. The Labute approximate surface area is 180 Å². The van der Waals surface area contributed by atoms with Gasteiger partial charge in [0.1, 0.15) is 5.82 Å². The predicted molar refractivity (Wildman–Crippen MR) is 111 cm³/mol. The van der Waals surface area contributed by atoms with Crippen molar-refractivity contribution in [1.82, 2.24) is 15.8 Å². The first-order valence-corrected chi connectivity index (χ1v) is 13.0. The molecule has 1 aromatic heterocycles. The minimum atomic E-state index is -3.71. The zero-order valence-corrected chi connectivity index (χ0v) is 18.8. The summed E-state index contributed by atoms with van der Waals surface area (Å²) in [6, 6.07) is 3.96. The van der Waals surface area contributed by atoms with Crippen molar-refractivity contribution in [2.75, 3.05) is 23.9 Å². The topological polar surface area (TPSA) is 159 Å². The zero-order valence-electron chi connectivity index (χ0n) is 15.6. The molecule has 1 saturated carbocycles. The second-order valence-corrected chi connectivity index (χ2v) is 12.0. The van der Waals surface area contributed by atoms with Crippen LogP contribution in [0.1, 0.15) is 18.5 Å². The van der Waals surface area contributed by atoms with Gasteiger partial charge in [-0.3, -0.25) is 10.7 Å². The van der Waals surface area contributed by atoms with Gasteiger partial charge in [-0.1, -0.05) is 0 Å². The summed E-state index contributed by atoms with van der Waals surface area (Å²) < 4.78 is 58.1. The smallest absolute Gasteiger partial charge is 0.263 e. The number of anilines is 1. The van der Waals surface area contributed by atoms with E-state index in [1.807, 2.05) is 5.48 Å². The van der Waals surface area contributed by atoms with Gasteiger partial charge >= 0.3 is 0 Å². The van der Waals surface area contributed by atoms with E-state index in [9.17, 15) is 22.2 Å². The van der Waals surface area contributed by atoms with Crippen LogP contribution in [-0.4, -0.2) is 57.8 Å². The number of halogens is 2. The Morgan fingerprint density at radius 3 is 2.73 bits per heavy atom. The maximum atomic E-state index is 13.4. The van der Waals surface area contributed by atoms with E-state index in [0.29, 0.717) is 18.5 Å². The van der Waals surface area contributed by atoms with Crippen LogP contribution in [-0.2, 0) is 19.8 Å². The maximum absolute atomic E-state index is 13.4. The molecule has 0 saturated heterocycles. The van der Waals surface area contributed by atoms with Gasteiger partial charge in [0, 0.05) is 18.6 Å². The molecule has 0 unspecified atom stereocenters. The Hall–Kier alpha value is -2.10. The molecule has 3 N–H and O–H groups in total. The van der Waals surface area contributed by atoms with Gasteiger partial charge in [0.05, 0.1) is 25.1 Å². The largest absolute Gasteiger partial charge is 0.364 e. The van der Waals surface area contributed by atoms with Crippen molar-refractivity contribution >= 4 is 53.0 Å². The molecule has 1 heterocycles. The van der Waals surface area contributed by atoms with Crippen LogP contribution in [0.3, 0.4) is 0 Å². The molecular formula is C15H18BrFN6O5S2. The predicted octanol–water partition coefficient (Wildman–Crippen LogP) is 2.03. The van der Waals surface area contributed by atoms with Crippen LogP contribution < -0.4 is 10.8 Å². The number of benzene rings is 1. The summed E-state index contributed by atoms with van der Waals surface area (Å²) in [4.78, 5) is 4.12. The van der Waals surface area contributed by atoms with Gasteiger partial charge in [-0.25, -0.2) is 26.6 Å². The molecule has 0 radical (unpaired) electrons. The second-order valence-electron chi connectivity index (χ2n) is 6.51. The van der Waals surface area contributed by atoms with Gasteiger partial charge in [0.15, 0.2) is 11.5 Å². The standard InChI is InChI=1S/C15H18BrFN6O5S2/c1-29(25,23-30(26,27)10-3-4-10)7-6-18-14-13(21-28-22-14)15(20-24)19-9-2-5-12(17)11(16)8-9/h2,5,8,10,24H,3-4,6-7H2,1H3,(H,18,22)(H,19,20)/t29-/m0/s1. The van der Waals surface area contributed by atoms with Crippen LogP contribution in [0.15, 0.2) is 36.1 Å². The fourth-order valence-corrected chi connectivity index (χ4v) is 6.44. The van der Waals surface area contributed by atoms with Crippen LogP contribution in [0.5, 0.6) is 0 Å². The molecule has 1 atom stereocenters. The number of aromatic nitrogens is 2. The quantitative estimate of drug-likeness (QED) is 0.266. The van der Waals surface area contributed by atoms with E-state index in [2.05, 4.69) is 44.9 Å². The molecular weight excluding hydrogens is 507 g/mol. The Morgan fingerprint density at radius 2 is 2.10 bits per heavy atom. The highest BCUT2D eigenvalue weighted by molar-refractivity contribution is 9.10. The van der Waals surface area contributed by atoms with E-state index in [0.717, 1.165) is 0 Å². The van der Waals surface area contributed by atoms with Gasteiger partial charge in [-0.2, -0.15) is 0 Å². The third kappa shape index (κ3) is 5.74. The van der Waals surface area contributed by atoms with Crippen molar-refractivity contribution in [1.29, 1.82) is 0 Å². The van der Waals surface area contributed by atoms with Crippen LogP contribution in [0, 0.1) is 5.82 Å². The average Bonchev–Trinajstić information content (AvgIpc) is 3.43. The first-order valence-electron chi connectivity index (χ1n) is 8.57. The van der Waals surface area contributed by atoms with Gasteiger partial charge in [-0.15, -0.1) is 3.77 Å². The van der Waals surface area contributed by atoms with Crippen LogP contribution in [0.4, 0.5) is 15.9 Å². The van der Waals surface area contributed by atoms with Crippen LogP contribution in [0.25, 0.3) is 0 Å². The minimum Gasteiger partial charge on any atom is -0.364 e. The molecule has 0 aliphatic heterocycles. The third-order valence-electron chi connectivity index (χ3n) is 3.94. The molecule has 11 nitrogen and oxygen atoms in total. The normalized spacial score (nSPS) is 16.7. The van der Waals surface area contributed by atoms with E-state index in [1.54, 1.807) is 0 Å². The van der Waals surface area contributed by atoms with Gasteiger partial charge < -0.3 is 5.32 Å². The molecule has 1 aliphatic carbocycles. The van der Waals surface area contributed by atoms with Crippen molar-refractivity contribution in [3.8, 4) is 0 Å². The number of hydroxylamine groups is 1. The SMILES string of the molecule is C[S@](=O)(CCNc1nonc1C(=Nc1ccc(F)c(Br)c1)NO)=NS(=O)(=O)C1CC1. The summed E-state index contributed by atoms with van der Waals surface area (Å²) in [5.41, 5.74) is 2.17. The molecule has 15 heteroatoms. The van der Waals surface area contributed by atoms with Crippen molar-refractivity contribution < 1.29 is 26.9 Å². The van der Waals surface area contributed by atoms with Crippen LogP contribution in [0.2, 0.25) is 0 Å². The summed E-state index contributed by atoms with van der Waals surface area (Å²) in [7, 11) is -6.70. The number of sulfonamides is 1. The highest BCUT2D eigenvalue weighted by Crippen LogP contribution is 2.30. The monoisotopic (exact) mass is 524 g/mol. The molecule has 2 aromatic rings. The second kappa shape index (κ2) is 8.95. The summed E-state index contributed by atoms with van der Waals surface area (Å²) in [5.74, 6) is -0.628. The summed E-state index contributed by atoms with van der Waals surface area (Å²) in [5, 5.41) is 19.0.